The summed E-state index contributed by atoms with van der Waals surface area (Å²) in [5, 5.41) is 4.73. The summed E-state index contributed by atoms with van der Waals surface area (Å²) in [5.74, 6) is 0.706. The molecule has 0 aliphatic heterocycles. The molecule has 1 aliphatic rings. The second kappa shape index (κ2) is 10.8. The number of nitrogens with zero attached hydrogens (tertiary/aromatic N) is 2. The van der Waals surface area contributed by atoms with Crippen molar-refractivity contribution in [1.82, 2.24) is 9.97 Å². The second-order valence-corrected chi connectivity index (χ2v) is 13.8. The van der Waals surface area contributed by atoms with E-state index in [0.29, 0.717) is 5.82 Å². The van der Waals surface area contributed by atoms with Crippen molar-refractivity contribution in [2.75, 3.05) is 0 Å². The molecule has 3 nitrogen and oxygen atoms in total. The van der Waals surface area contributed by atoms with Crippen LogP contribution in [-0.2, 0) is 5.41 Å². The average molecular weight is 641 g/mol. The predicted octanol–water partition coefficient (Wildman–Crippen LogP) is 12.5. The van der Waals surface area contributed by atoms with Gasteiger partial charge in [-0.2, -0.15) is 0 Å². The van der Waals surface area contributed by atoms with Crippen LogP contribution in [-0.4, -0.2) is 9.97 Å². The maximum absolute atomic E-state index is 6.17. The molecule has 1 aliphatic carbocycles. The lowest BCUT2D eigenvalue weighted by atomic mass is 9.81. The van der Waals surface area contributed by atoms with Gasteiger partial charge in [-0.1, -0.05) is 135 Å². The van der Waals surface area contributed by atoms with Crippen LogP contribution in [0.4, 0.5) is 0 Å². The van der Waals surface area contributed by atoms with E-state index in [2.05, 4.69) is 141 Å². The molecular formula is C47H32N2O. The SMILES string of the molecule is CC1(C)c2cc3ccccc3cc2-c2c(-c3cc(-c4ccccc4-c4ccc5oc6ccccc6c5c4)nc(-c4ccccc4)n3)cccc21. The van der Waals surface area contributed by atoms with Crippen molar-refractivity contribution in [2.24, 2.45) is 0 Å². The van der Waals surface area contributed by atoms with Gasteiger partial charge in [-0.15, -0.1) is 0 Å². The fourth-order valence-corrected chi connectivity index (χ4v) is 7.98. The summed E-state index contributed by atoms with van der Waals surface area (Å²) in [6.07, 6.45) is 0. The average Bonchev–Trinajstić information content (AvgIpc) is 3.65. The molecular weight excluding hydrogens is 609 g/mol. The van der Waals surface area contributed by atoms with Crippen molar-refractivity contribution in [2.45, 2.75) is 19.3 Å². The molecule has 9 aromatic rings. The molecule has 7 aromatic carbocycles. The number of furan rings is 1. The second-order valence-electron chi connectivity index (χ2n) is 13.8. The number of fused-ring (bicyclic) bond motifs is 7. The van der Waals surface area contributed by atoms with E-state index in [1.807, 2.05) is 30.3 Å². The van der Waals surface area contributed by atoms with Crippen LogP contribution in [0, 0.1) is 0 Å². The molecule has 0 atom stereocenters. The Morgan fingerprint density at radius 2 is 1.10 bits per heavy atom. The highest BCUT2D eigenvalue weighted by Gasteiger charge is 2.37. The standard InChI is InChI=1S/C47H32N2O/c1-47(2)39-21-12-20-36(45(39)38-25-30-15-6-7-16-31(30)27-40(38)47)42-28-41(48-46(49-42)29-13-4-3-5-14-29)34-18-9-8-17-33(34)32-23-24-44-37(26-32)35-19-10-11-22-43(35)50-44/h3-28H,1-2H3. The van der Waals surface area contributed by atoms with Gasteiger partial charge in [0.15, 0.2) is 5.82 Å². The smallest absolute Gasteiger partial charge is 0.160 e. The first-order chi connectivity index (χ1) is 24.5. The Kier molecular flexibility index (Phi) is 6.22. The largest absolute Gasteiger partial charge is 0.456 e. The van der Waals surface area contributed by atoms with Gasteiger partial charge < -0.3 is 4.42 Å². The summed E-state index contributed by atoms with van der Waals surface area (Å²) >= 11 is 0. The van der Waals surface area contributed by atoms with Crippen LogP contribution in [0.2, 0.25) is 0 Å². The molecule has 0 N–H and O–H groups in total. The fourth-order valence-electron chi connectivity index (χ4n) is 7.98. The van der Waals surface area contributed by atoms with Gasteiger partial charge in [0.1, 0.15) is 11.2 Å². The van der Waals surface area contributed by atoms with Gasteiger partial charge in [0.25, 0.3) is 0 Å². The first kappa shape index (κ1) is 28.7. The Morgan fingerprint density at radius 1 is 0.440 bits per heavy atom. The topological polar surface area (TPSA) is 38.9 Å². The van der Waals surface area contributed by atoms with E-state index in [1.165, 1.54) is 33.0 Å². The summed E-state index contributed by atoms with van der Waals surface area (Å²) < 4.78 is 6.17. The van der Waals surface area contributed by atoms with Gasteiger partial charge in [0, 0.05) is 32.9 Å². The zero-order chi connectivity index (χ0) is 33.4. The minimum atomic E-state index is -0.147. The number of rotatable bonds is 4. The third kappa shape index (κ3) is 4.37. The zero-order valence-corrected chi connectivity index (χ0v) is 27.8. The van der Waals surface area contributed by atoms with Crippen molar-refractivity contribution in [1.29, 1.82) is 0 Å². The quantitative estimate of drug-likeness (QED) is 0.192. The van der Waals surface area contributed by atoms with Crippen LogP contribution in [0.5, 0.6) is 0 Å². The molecule has 0 bridgehead atoms. The van der Waals surface area contributed by atoms with Crippen molar-refractivity contribution < 1.29 is 4.42 Å². The molecule has 0 fully saturated rings. The van der Waals surface area contributed by atoms with Gasteiger partial charge in [0.05, 0.1) is 11.4 Å². The molecule has 2 aromatic heterocycles. The van der Waals surface area contributed by atoms with Gasteiger partial charge in [-0.25, -0.2) is 9.97 Å². The van der Waals surface area contributed by atoms with Crippen LogP contribution in [0.1, 0.15) is 25.0 Å². The lowest BCUT2D eigenvalue weighted by Gasteiger charge is -2.22. The van der Waals surface area contributed by atoms with E-state index in [9.17, 15) is 0 Å². The highest BCUT2D eigenvalue weighted by molar-refractivity contribution is 6.07. The first-order valence-corrected chi connectivity index (χ1v) is 17.2. The number of aromatic nitrogens is 2. The van der Waals surface area contributed by atoms with Gasteiger partial charge in [-0.05, 0) is 80.6 Å². The third-order valence-corrected chi connectivity index (χ3v) is 10.5. The number of para-hydroxylation sites is 1. The van der Waals surface area contributed by atoms with E-state index in [-0.39, 0.29) is 5.41 Å². The molecule has 0 spiro atoms. The Balaban J connectivity index is 1.21. The summed E-state index contributed by atoms with van der Waals surface area (Å²) in [7, 11) is 0. The van der Waals surface area contributed by atoms with Gasteiger partial charge in [-0.3, -0.25) is 0 Å². The maximum Gasteiger partial charge on any atom is 0.160 e. The minimum absolute atomic E-state index is 0.147. The Hall–Kier alpha value is -6.32. The Morgan fingerprint density at radius 3 is 1.94 bits per heavy atom. The van der Waals surface area contributed by atoms with Crippen molar-refractivity contribution >= 4 is 32.7 Å². The zero-order valence-electron chi connectivity index (χ0n) is 27.8. The lowest BCUT2D eigenvalue weighted by molar-refractivity contribution is 0.661. The summed E-state index contributed by atoms with van der Waals surface area (Å²) in [5.41, 5.74) is 14.0. The molecule has 0 amide bonds. The molecule has 3 heteroatoms. The van der Waals surface area contributed by atoms with E-state index >= 15 is 0 Å². The highest BCUT2D eigenvalue weighted by atomic mass is 16.3. The molecule has 0 radical (unpaired) electrons. The third-order valence-electron chi connectivity index (χ3n) is 10.5. The van der Waals surface area contributed by atoms with E-state index in [0.717, 1.165) is 61.1 Å². The van der Waals surface area contributed by atoms with Crippen LogP contribution in [0.25, 0.3) is 88.9 Å². The van der Waals surface area contributed by atoms with Gasteiger partial charge >= 0.3 is 0 Å². The fraction of sp³-hybridized carbons (Fsp3) is 0.0638. The summed E-state index contributed by atoms with van der Waals surface area (Å²) in [4.78, 5) is 10.6. The molecule has 10 rings (SSSR count). The summed E-state index contributed by atoms with van der Waals surface area (Å²) in [6.45, 7) is 4.68. The van der Waals surface area contributed by atoms with Crippen LogP contribution >= 0.6 is 0 Å². The Labute approximate surface area is 290 Å². The molecule has 2 heterocycles. The molecule has 236 valence electrons. The molecule has 50 heavy (non-hydrogen) atoms. The van der Waals surface area contributed by atoms with E-state index in [1.54, 1.807) is 0 Å². The number of hydrogen-bond donors (Lipinski definition) is 0. The maximum atomic E-state index is 6.17. The van der Waals surface area contributed by atoms with Crippen LogP contribution in [0.3, 0.4) is 0 Å². The lowest BCUT2D eigenvalue weighted by Crippen LogP contribution is -2.14. The van der Waals surface area contributed by atoms with Crippen molar-refractivity contribution in [3.05, 3.63) is 169 Å². The summed E-state index contributed by atoms with van der Waals surface area (Å²) in [6, 6.07) is 55.9. The van der Waals surface area contributed by atoms with E-state index in [4.69, 9.17) is 14.4 Å². The number of benzene rings is 7. The minimum Gasteiger partial charge on any atom is -0.456 e. The van der Waals surface area contributed by atoms with E-state index < -0.39 is 0 Å². The first-order valence-electron chi connectivity index (χ1n) is 17.2. The van der Waals surface area contributed by atoms with Crippen LogP contribution in [0.15, 0.2) is 162 Å². The highest BCUT2D eigenvalue weighted by Crippen LogP contribution is 2.53. The van der Waals surface area contributed by atoms with Crippen LogP contribution < -0.4 is 0 Å². The molecule has 0 saturated heterocycles. The number of hydrogen-bond acceptors (Lipinski definition) is 3. The van der Waals surface area contributed by atoms with Crippen molar-refractivity contribution in [3.63, 3.8) is 0 Å². The van der Waals surface area contributed by atoms with Crippen molar-refractivity contribution in [3.8, 4) is 56.2 Å². The normalized spacial score (nSPS) is 13.2. The monoisotopic (exact) mass is 640 g/mol. The molecule has 0 saturated carbocycles. The molecule has 0 unspecified atom stereocenters. The Bertz CT molecular complexity index is 2790. The van der Waals surface area contributed by atoms with Gasteiger partial charge in [0.2, 0.25) is 0 Å². The predicted molar refractivity (Wildman–Crippen MR) is 206 cm³/mol.